The van der Waals surface area contributed by atoms with E-state index in [2.05, 4.69) is 27.7 Å². The van der Waals surface area contributed by atoms with Gasteiger partial charge in [0.05, 0.1) is 0 Å². The molecule has 0 fully saturated rings. The molecule has 27 heavy (non-hydrogen) atoms. The van der Waals surface area contributed by atoms with Crippen LogP contribution in [0.2, 0.25) is 7.96 Å². The number of rotatable bonds is 22. The summed E-state index contributed by atoms with van der Waals surface area (Å²) in [7, 11) is 0. The van der Waals surface area contributed by atoms with Gasteiger partial charge in [0.1, 0.15) is 0 Å². The summed E-state index contributed by atoms with van der Waals surface area (Å²) in [5, 5.41) is 0. The van der Waals surface area contributed by atoms with E-state index in [0.717, 1.165) is 11.8 Å². The molecule has 0 aromatic heterocycles. The van der Waals surface area contributed by atoms with Crippen LogP contribution in [-0.4, -0.2) is 0 Å². The second-order valence-corrected chi connectivity index (χ2v) is 16.1. The van der Waals surface area contributed by atoms with Crippen molar-refractivity contribution in [1.29, 1.82) is 0 Å². The third-order valence-electron chi connectivity index (χ3n) is 6.06. The minimum atomic E-state index is -0.319. The monoisotopic (exact) mass is 480 g/mol. The zero-order valence-corrected chi connectivity index (χ0v) is 24.0. The van der Waals surface area contributed by atoms with Crippen molar-refractivity contribution in [2.75, 3.05) is 0 Å². The molecule has 0 bridgehead atoms. The maximum absolute atomic E-state index is 2.35. The number of unbranched alkanes of at least 4 members (excludes halogenated alkanes) is 14. The van der Waals surface area contributed by atoms with Crippen molar-refractivity contribution >= 4 is 0 Å². The molecule has 0 aromatic carbocycles. The Kier molecular flexibility index (Phi) is 24.0. The van der Waals surface area contributed by atoms with Gasteiger partial charge in [-0.3, -0.25) is 0 Å². The Balaban J connectivity index is 2.99. The number of hydrogen-bond donors (Lipinski definition) is 0. The first-order valence-electron chi connectivity index (χ1n) is 13.1. The van der Waals surface area contributed by atoms with Crippen molar-refractivity contribution in [2.24, 2.45) is 11.8 Å². The van der Waals surface area contributed by atoms with Crippen LogP contribution in [0.3, 0.4) is 0 Å². The van der Waals surface area contributed by atoms with Gasteiger partial charge in [0.15, 0.2) is 0 Å². The van der Waals surface area contributed by atoms with Crippen LogP contribution in [0.4, 0.5) is 0 Å². The minimum absolute atomic E-state index is 0.319. The summed E-state index contributed by atoms with van der Waals surface area (Å²) < 4.78 is 3.40. The predicted molar refractivity (Wildman–Crippen MR) is 122 cm³/mol. The van der Waals surface area contributed by atoms with E-state index in [-0.39, 0.29) is 24.2 Å². The fourth-order valence-electron chi connectivity index (χ4n) is 4.11. The van der Waals surface area contributed by atoms with Crippen LogP contribution in [0.1, 0.15) is 143 Å². The topological polar surface area (TPSA) is 0 Å². The molecule has 0 spiro atoms. The van der Waals surface area contributed by atoms with E-state index in [1.807, 2.05) is 0 Å². The van der Waals surface area contributed by atoms with Crippen LogP contribution in [0, 0.1) is 11.8 Å². The summed E-state index contributed by atoms with van der Waals surface area (Å²) in [4.78, 5) is 0. The van der Waals surface area contributed by atoms with Crippen molar-refractivity contribution < 1.29 is 24.2 Å². The van der Waals surface area contributed by atoms with E-state index < -0.39 is 0 Å². The van der Waals surface area contributed by atoms with E-state index in [0.29, 0.717) is 0 Å². The molecule has 0 heterocycles. The Morgan fingerprint density at radius 3 is 0.926 bits per heavy atom. The van der Waals surface area contributed by atoms with Gasteiger partial charge in [-0.1, -0.05) is 0 Å². The van der Waals surface area contributed by atoms with Gasteiger partial charge in [-0.15, -0.1) is 0 Å². The molecule has 0 aliphatic carbocycles. The van der Waals surface area contributed by atoms with Gasteiger partial charge >= 0.3 is 187 Å². The standard InChI is InChI=1S/2C13H27.Cd/c2*1-4-5-6-7-8-9-10-11-12-13(2)3;/h2*13H,1,4-12H2,2-3H3;. The van der Waals surface area contributed by atoms with Gasteiger partial charge in [0.2, 0.25) is 0 Å². The molecular weight excluding hydrogens is 425 g/mol. The van der Waals surface area contributed by atoms with E-state index in [4.69, 9.17) is 0 Å². The fraction of sp³-hybridized carbons (Fsp3) is 1.00. The number of hydrogen-bond acceptors (Lipinski definition) is 0. The first kappa shape index (κ1) is 27.9. The van der Waals surface area contributed by atoms with E-state index >= 15 is 0 Å². The van der Waals surface area contributed by atoms with Crippen LogP contribution >= 0.6 is 0 Å². The summed E-state index contributed by atoms with van der Waals surface area (Å²) in [6.07, 6.45) is 27.0. The fourth-order valence-corrected chi connectivity index (χ4v) is 9.16. The summed E-state index contributed by atoms with van der Waals surface area (Å²) >= 11 is -0.319. The van der Waals surface area contributed by atoms with Crippen LogP contribution < -0.4 is 0 Å². The molecule has 0 unspecified atom stereocenters. The van der Waals surface area contributed by atoms with Gasteiger partial charge in [-0.25, -0.2) is 0 Å². The van der Waals surface area contributed by atoms with Crippen molar-refractivity contribution in [1.82, 2.24) is 0 Å². The Hall–Kier alpha value is 0.922. The van der Waals surface area contributed by atoms with Crippen LogP contribution in [-0.2, 0) is 24.2 Å². The molecule has 0 atom stereocenters. The van der Waals surface area contributed by atoms with Crippen LogP contribution in [0.15, 0.2) is 0 Å². The third kappa shape index (κ3) is 26.9. The summed E-state index contributed by atoms with van der Waals surface area (Å²) in [5.41, 5.74) is 0. The molecule has 0 saturated carbocycles. The molecule has 0 aliphatic rings. The molecule has 0 N–H and O–H groups in total. The van der Waals surface area contributed by atoms with Crippen molar-refractivity contribution in [3.63, 3.8) is 0 Å². The molecule has 1 heteroatoms. The Bertz CT molecular complexity index is 233. The second kappa shape index (κ2) is 23.2. The molecule has 0 radical (unpaired) electrons. The van der Waals surface area contributed by atoms with Crippen molar-refractivity contribution in [3.8, 4) is 0 Å². The summed E-state index contributed by atoms with van der Waals surface area (Å²) in [6, 6.07) is 0. The summed E-state index contributed by atoms with van der Waals surface area (Å²) in [6.45, 7) is 9.40. The molecule has 0 amide bonds. The van der Waals surface area contributed by atoms with E-state index in [9.17, 15) is 0 Å². The predicted octanol–water partition coefficient (Wildman–Crippen LogP) is 10.2. The Labute approximate surface area is 186 Å². The van der Waals surface area contributed by atoms with Crippen LogP contribution in [0.25, 0.3) is 0 Å². The normalized spacial score (nSPS) is 11.5. The molecule has 160 valence electrons. The van der Waals surface area contributed by atoms with Gasteiger partial charge in [-0.2, -0.15) is 0 Å². The Morgan fingerprint density at radius 2 is 0.630 bits per heavy atom. The third-order valence-corrected chi connectivity index (χ3v) is 11.8. The first-order chi connectivity index (χ1) is 13.1. The molecule has 0 nitrogen and oxygen atoms in total. The summed E-state index contributed by atoms with van der Waals surface area (Å²) in [5.74, 6) is 1.81. The Morgan fingerprint density at radius 1 is 0.370 bits per heavy atom. The van der Waals surface area contributed by atoms with Crippen LogP contribution in [0.5, 0.6) is 0 Å². The molecule has 0 rings (SSSR count). The van der Waals surface area contributed by atoms with Gasteiger partial charge in [-0.05, 0) is 0 Å². The van der Waals surface area contributed by atoms with Gasteiger partial charge in [0.25, 0.3) is 0 Å². The van der Waals surface area contributed by atoms with Crippen molar-refractivity contribution in [2.45, 2.75) is 151 Å². The second-order valence-electron chi connectivity index (χ2n) is 10.1. The molecule has 0 saturated heterocycles. The quantitative estimate of drug-likeness (QED) is 0.107. The molecule has 0 aromatic rings. The zero-order valence-electron chi connectivity index (χ0n) is 20.0. The van der Waals surface area contributed by atoms with E-state index in [1.165, 1.54) is 89.9 Å². The molecule has 0 aliphatic heterocycles. The van der Waals surface area contributed by atoms with Crippen molar-refractivity contribution in [3.05, 3.63) is 0 Å². The maximum atomic E-state index is 2.35. The first-order valence-corrected chi connectivity index (χ1v) is 18.8. The zero-order chi connectivity index (χ0) is 20.0. The van der Waals surface area contributed by atoms with Gasteiger partial charge < -0.3 is 0 Å². The molecular formula is C26H54Cd. The SMILES string of the molecule is CC(C)CCCCCCCCC[CH2][Cd][CH2]CCCCCCCCCC(C)C. The average Bonchev–Trinajstić information content (AvgIpc) is 2.62. The van der Waals surface area contributed by atoms with Gasteiger partial charge in [0, 0.05) is 0 Å². The van der Waals surface area contributed by atoms with E-state index in [1.54, 1.807) is 33.6 Å². The average molecular weight is 479 g/mol.